The van der Waals surface area contributed by atoms with E-state index in [-0.39, 0.29) is 35.5 Å². The predicted molar refractivity (Wildman–Crippen MR) is 135 cm³/mol. The van der Waals surface area contributed by atoms with Crippen molar-refractivity contribution in [1.82, 2.24) is 14.8 Å². The molecule has 8 nitrogen and oxygen atoms in total. The van der Waals surface area contributed by atoms with E-state index in [9.17, 15) is 31.4 Å². The minimum Gasteiger partial charge on any atom is -0.404 e. The van der Waals surface area contributed by atoms with Gasteiger partial charge in [0.25, 0.3) is 0 Å². The maximum Gasteiger partial charge on any atom is 0.418 e. The number of aliphatic imine (C=N–C) groups is 1. The van der Waals surface area contributed by atoms with Crippen LogP contribution in [0.15, 0.2) is 35.5 Å². The number of aliphatic hydroxyl groups excluding tert-OH is 1. The Hall–Kier alpha value is -3.17. The van der Waals surface area contributed by atoms with Crippen LogP contribution in [-0.2, 0) is 15.7 Å². The number of nitrogens with zero attached hydrogens (tertiary/aromatic N) is 4. The number of fused-ring (bicyclic) bond motifs is 1. The Bertz CT molecular complexity index is 1560. The van der Waals surface area contributed by atoms with E-state index in [1.807, 2.05) is 0 Å². The molecule has 3 heterocycles. The first-order valence-corrected chi connectivity index (χ1v) is 12.6. The molecule has 2 fully saturated rings. The van der Waals surface area contributed by atoms with Crippen molar-refractivity contribution in [3.63, 3.8) is 0 Å². The highest BCUT2D eigenvalue weighted by Gasteiger charge is 2.53. The van der Waals surface area contributed by atoms with Crippen LogP contribution in [0.1, 0.15) is 28.9 Å². The van der Waals surface area contributed by atoms with Crippen molar-refractivity contribution in [2.75, 3.05) is 6.61 Å². The van der Waals surface area contributed by atoms with E-state index in [2.05, 4.69) is 15.1 Å². The monoisotopic (exact) mass is 621 g/mol. The third kappa shape index (κ3) is 5.30. The minimum absolute atomic E-state index is 0.0185. The predicted octanol–water partition coefficient (Wildman–Crippen LogP) is 4.96. The smallest absolute Gasteiger partial charge is 0.404 e. The van der Waals surface area contributed by atoms with Crippen LogP contribution in [0, 0.1) is 24.4 Å². The number of hydrogen-bond acceptors (Lipinski definition) is 7. The van der Waals surface area contributed by atoms with Crippen molar-refractivity contribution in [2.24, 2.45) is 10.7 Å². The van der Waals surface area contributed by atoms with Gasteiger partial charge in [0, 0.05) is 23.6 Å². The zero-order valence-electron chi connectivity index (χ0n) is 20.7. The molecule has 0 spiro atoms. The highest BCUT2D eigenvalue weighted by molar-refractivity contribution is 6.31. The molecule has 3 aromatic rings. The van der Waals surface area contributed by atoms with Gasteiger partial charge in [-0.25, -0.2) is 22.8 Å². The van der Waals surface area contributed by atoms with Gasteiger partial charge < -0.3 is 20.3 Å². The zero-order valence-corrected chi connectivity index (χ0v) is 22.2. The van der Waals surface area contributed by atoms with Crippen molar-refractivity contribution in [1.29, 1.82) is 0 Å². The summed E-state index contributed by atoms with van der Waals surface area (Å²) >= 11 is 11.4. The number of aromatic nitrogens is 3. The van der Waals surface area contributed by atoms with Gasteiger partial charge in [-0.2, -0.15) is 18.3 Å². The van der Waals surface area contributed by atoms with Gasteiger partial charge in [0.2, 0.25) is 0 Å². The number of benzene rings is 2. The van der Waals surface area contributed by atoms with E-state index >= 15 is 0 Å². The number of halogens is 8. The lowest BCUT2D eigenvalue weighted by atomic mass is 9.89. The summed E-state index contributed by atoms with van der Waals surface area (Å²) in [7, 11) is 0. The van der Waals surface area contributed by atoms with E-state index in [0.717, 1.165) is 29.2 Å². The molecule has 2 aliphatic heterocycles. The topological polar surface area (TPSA) is 108 Å². The number of rotatable bonds is 5. The number of nitrogens with two attached hydrogens (primary N) is 1. The second-order valence-corrected chi connectivity index (χ2v) is 10.0. The third-order valence-corrected chi connectivity index (χ3v) is 7.20. The summed E-state index contributed by atoms with van der Waals surface area (Å²) in [5, 5.41) is 14.3. The summed E-state index contributed by atoms with van der Waals surface area (Å²) < 4.78 is 96.3. The number of alkyl halides is 3. The summed E-state index contributed by atoms with van der Waals surface area (Å²) in [6.45, 7) is 1.47. The van der Waals surface area contributed by atoms with E-state index in [1.54, 1.807) is 0 Å². The standard InChI is InChI=1S/C25H19Cl2F6N5O3/c1-9-36-24(38(37-9)16-5-14(27)15(28)4-12(16)25(31,32)33)23-21(39)20(22-17(41-23)8-40-22)35-7-10(6-34)11-2-3-13(26)19(30)18(11)29/h2-7,17,20-23,39H,8,34H2,1H3. The van der Waals surface area contributed by atoms with Crippen molar-refractivity contribution < 1.29 is 40.9 Å². The van der Waals surface area contributed by atoms with Gasteiger partial charge in [-0.05, 0) is 31.2 Å². The van der Waals surface area contributed by atoms with Gasteiger partial charge >= 0.3 is 6.18 Å². The fourth-order valence-electron chi connectivity index (χ4n) is 4.60. The van der Waals surface area contributed by atoms with Crippen LogP contribution in [0.3, 0.4) is 0 Å². The second kappa shape index (κ2) is 10.9. The molecule has 0 bridgehead atoms. The molecule has 1 aromatic heterocycles. The normalized spacial score (nSPS) is 24.9. The number of ether oxygens (including phenoxy) is 2. The number of aryl methyl sites for hydroxylation is 1. The molecule has 41 heavy (non-hydrogen) atoms. The highest BCUT2D eigenvalue weighted by Crippen LogP contribution is 2.41. The molecular formula is C25H19Cl2F6N5O3. The molecular weight excluding hydrogens is 603 g/mol. The average Bonchev–Trinajstić information content (AvgIpc) is 3.28. The van der Waals surface area contributed by atoms with E-state index in [1.165, 1.54) is 13.0 Å². The molecule has 0 saturated carbocycles. The molecule has 218 valence electrons. The summed E-state index contributed by atoms with van der Waals surface area (Å²) in [6.07, 6.45) is -7.34. The van der Waals surface area contributed by atoms with Crippen LogP contribution in [0.2, 0.25) is 10.0 Å². The number of allylic oxidation sites excluding steroid dienone is 1. The Labute approximate surface area is 238 Å². The molecule has 16 heteroatoms. The van der Waals surface area contributed by atoms with Crippen LogP contribution in [0.25, 0.3) is 11.3 Å². The summed E-state index contributed by atoms with van der Waals surface area (Å²) in [4.78, 5) is 8.47. The van der Waals surface area contributed by atoms with E-state index in [0.29, 0.717) is 0 Å². The van der Waals surface area contributed by atoms with Gasteiger partial charge in [0.1, 0.15) is 42.1 Å². The molecule has 5 unspecified atom stereocenters. The molecule has 3 N–H and O–H groups in total. The van der Waals surface area contributed by atoms with Gasteiger partial charge in [-0.15, -0.1) is 0 Å². The van der Waals surface area contributed by atoms with Crippen molar-refractivity contribution in [2.45, 2.75) is 43.6 Å². The Kier molecular flexibility index (Phi) is 7.80. The van der Waals surface area contributed by atoms with E-state index < -0.39 is 75.4 Å². The molecule has 0 aliphatic carbocycles. The number of aliphatic hydroxyl groups is 1. The van der Waals surface area contributed by atoms with Crippen LogP contribution in [0.4, 0.5) is 26.3 Å². The summed E-state index contributed by atoms with van der Waals surface area (Å²) in [5.74, 6) is -4.08. The maximum absolute atomic E-state index is 14.5. The lowest BCUT2D eigenvalue weighted by molar-refractivity contribution is -0.273. The first-order valence-electron chi connectivity index (χ1n) is 11.9. The van der Waals surface area contributed by atoms with Gasteiger partial charge in [-0.1, -0.05) is 23.2 Å². The fraction of sp³-hybridized carbons (Fsp3) is 0.320. The largest absolute Gasteiger partial charge is 0.418 e. The molecule has 2 aliphatic rings. The van der Waals surface area contributed by atoms with Crippen LogP contribution >= 0.6 is 23.2 Å². The summed E-state index contributed by atoms with van der Waals surface area (Å²) in [5.41, 5.74) is 3.28. The van der Waals surface area contributed by atoms with Crippen LogP contribution < -0.4 is 5.73 Å². The Morgan fingerprint density at radius 2 is 1.90 bits per heavy atom. The lowest BCUT2D eigenvalue weighted by Gasteiger charge is -2.48. The lowest BCUT2D eigenvalue weighted by Crippen LogP contribution is -2.62. The third-order valence-electron chi connectivity index (χ3n) is 6.61. The maximum atomic E-state index is 14.5. The molecule has 5 rings (SSSR count). The Balaban J connectivity index is 1.53. The van der Waals surface area contributed by atoms with Crippen LogP contribution in [0.5, 0.6) is 0 Å². The van der Waals surface area contributed by atoms with E-state index in [4.69, 9.17) is 38.4 Å². The summed E-state index contributed by atoms with van der Waals surface area (Å²) in [6, 6.07) is 2.19. The van der Waals surface area contributed by atoms with Crippen LogP contribution in [-0.4, -0.2) is 57.0 Å². The van der Waals surface area contributed by atoms with Gasteiger partial charge in [0.15, 0.2) is 17.5 Å². The fourth-order valence-corrected chi connectivity index (χ4v) is 4.90. The Morgan fingerprint density at radius 3 is 2.54 bits per heavy atom. The zero-order chi connectivity index (χ0) is 29.8. The quantitative estimate of drug-likeness (QED) is 0.237. The van der Waals surface area contributed by atoms with Crippen molar-refractivity contribution in [3.05, 3.63) is 80.7 Å². The molecule has 2 saturated heterocycles. The first kappa shape index (κ1) is 29.3. The molecule has 0 amide bonds. The molecule has 2 aromatic carbocycles. The molecule has 0 radical (unpaired) electrons. The van der Waals surface area contributed by atoms with Crippen molar-refractivity contribution >= 4 is 35.0 Å². The Morgan fingerprint density at radius 1 is 1.17 bits per heavy atom. The first-order chi connectivity index (χ1) is 19.3. The number of hydrogen-bond donors (Lipinski definition) is 2. The van der Waals surface area contributed by atoms with Gasteiger partial charge in [-0.3, -0.25) is 4.99 Å². The average molecular weight is 622 g/mol. The van der Waals surface area contributed by atoms with Gasteiger partial charge in [0.05, 0.1) is 27.9 Å². The second-order valence-electron chi connectivity index (χ2n) is 9.21. The minimum atomic E-state index is -5.00. The highest BCUT2D eigenvalue weighted by atomic mass is 35.5. The van der Waals surface area contributed by atoms with Crippen molar-refractivity contribution in [3.8, 4) is 5.69 Å². The SMILES string of the molecule is Cc1nc(C2OC3COC3C(N=CC(=CN)c3ccc(Cl)c(F)c3F)C2O)n(-c2cc(Cl)c(F)cc2C(F)(F)F)n1. The molecule has 5 atom stereocenters.